The minimum absolute atomic E-state index is 0.755. The summed E-state index contributed by atoms with van der Waals surface area (Å²) < 4.78 is 0. The van der Waals surface area contributed by atoms with Crippen LogP contribution in [0.1, 0.15) is 11.3 Å². The van der Waals surface area contributed by atoms with Crippen molar-refractivity contribution in [2.24, 2.45) is 0 Å². The zero-order valence-electron chi connectivity index (χ0n) is 6.78. The molecule has 2 nitrogen and oxygen atoms in total. The Labute approximate surface area is 71.3 Å². The Morgan fingerprint density at radius 2 is 2.08 bits per heavy atom. The molecule has 0 N–H and O–H groups in total. The van der Waals surface area contributed by atoms with Crippen molar-refractivity contribution in [3.8, 4) is 0 Å². The van der Waals surface area contributed by atoms with Crippen LogP contribution < -0.4 is 0 Å². The number of benzene rings is 1. The molecular formula is C10H8N2. The van der Waals surface area contributed by atoms with E-state index < -0.39 is 0 Å². The third-order valence-corrected chi connectivity index (χ3v) is 1.79. The van der Waals surface area contributed by atoms with E-state index in [9.17, 15) is 0 Å². The van der Waals surface area contributed by atoms with Crippen LogP contribution in [0.15, 0.2) is 24.3 Å². The summed E-state index contributed by atoms with van der Waals surface area (Å²) in [6, 6.07) is 7.58. The van der Waals surface area contributed by atoms with Crippen molar-refractivity contribution in [2.45, 2.75) is 6.92 Å². The van der Waals surface area contributed by atoms with Crippen LogP contribution in [0.4, 0.5) is 0 Å². The van der Waals surface area contributed by atoms with Crippen LogP contribution in [0, 0.1) is 13.8 Å². The lowest BCUT2D eigenvalue weighted by atomic mass is 10.1. The van der Waals surface area contributed by atoms with Gasteiger partial charge >= 0.3 is 0 Å². The molecule has 2 heteroatoms. The number of aryl methyl sites for hydroxylation is 1. The second-order valence-corrected chi connectivity index (χ2v) is 2.77. The molecule has 2 aromatic rings. The highest BCUT2D eigenvalue weighted by Crippen LogP contribution is 2.15. The first-order valence-electron chi connectivity index (χ1n) is 3.76. The quantitative estimate of drug-likeness (QED) is 0.583. The van der Waals surface area contributed by atoms with Gasteiger partial charge in [-0.1, -0.05) is 12.1 Å². The lowest BCUT2D eigenvalue weighted by molar-refractivity contribution is 1.02. The zero-order chi connectivity index (χ0) is 8.55. The summed E-state index contributed by atoms with van der Waals surface area (Å²) in [7, 11) is 0. The molecule has 2 rings (SSSR count). The van der Waals surface area contributed by atoms with Gasteiger partial charge in [-0.15, -0.1) is 0 Å². The van der Waals surface area contributed by atoms with Gasteiger partial charge < -0.3 is 0 Å². The molecule has 0 spiro atoms. The Morgan fingerprint density at radius 3 is 2.92 bits per heavy atom. The second-order valence-electron chi connectivity index (χ2n) is 2.77. The van der Waals surface area contributed by atoms with E-state index in [0.717, 1.165) is 22.2 Å². The zero-order valence-corrected chi connectivity index (χ0v) is 6.78. The van der Waals surface area contributed by atoms with Crippen LogP contribution >= 0.6 is 0 Å². The van der Waals surface area contributed by atoms with Gasteiger partial charge in [-0.05, 0) is 31.5 Å². The van der Waals surface area contributed by atoms with E-state index in [1.165, 1.54) is 0 Å². The van der Waals surface area contributed by atoms with Crippen molar-refractivity contribution in [1.29, 1.82) is 0 Å². The Morgan fingerprint density at radius 1 is 1.25 bits per heavy atom. The monoisotopic (exact) mass is 156 g/mol. The first-order chi connectivity index (χ1) is 5.77. The fourth-order valence-electron chi connectivity index (χ4n) is 1.19. The number of nitrogens with zero attached hydrogens (tertiary/aromatic N) is 2. The van der Waals surface area contributed by atoms with E-state index in [1.807, 2.05) is 31.2 Å². The van der Waals surface area contributed by atoms with E-state index in [1.54, 1.807) is 0 Å². The topological polar surface area (TPSA) is 25.8 Å². The number of rotatable bonds is 0. The van der Waals surface area contributed by atoms with Gasteiger partial charge in [0, 0.05) is 5.39 Å². The Kier molecular flexibility index (Phi) is 1.54. The molecule has 1 heterocycles. The average molecular weight is 156 g/mol. The van der Waals surface area contributed by atoms with Crippen LogP contribution in [-0.4, -0.2) is 10.2 Å². The largest absolute Gasteiger partial charge is 0.155 e. The maximum atomic E-state index is 5.76. The van der Waals surface area contributed by atoms with Crippen molar-refractivity contribution in [3.05, 3.63) is 42.4 Å². The Balaban J connectivity index is 2.88. The molecule has 58 valence electrons. The van der Waals surface area contributed by atoms with Crippen molar-refractivity contribution < 1.29 is 0 Å². The fraction of sp³-hybridized carbons (Fsp3) is 0.100. The second kappa shape index (κ2) is 2.55. The molecule has 0 unspecified atom stereocenters. The number of aromatic nitrogens is 2. The predicted molar refractivity (Wildman–Crippen MR) is 47.7 cm³/mol. The summed E-state index contributed by atoms with van der Waals surface area (Å²) in [6.07, 6.45) is 0. The van der Waals surface area contributed by atoms with Crippen molar-refractivity contribution in [2.75, 3.05) is 0 Å². The van der Waals surface area contributed by atoms with E-state index in [2.05, 4.69) is 10.2 Å². The molecule has 0 bridgehead atoms. The molecule has 0 fully saturated rings. The molecule has 0 aliphatic rings. The first-order valence-corrected chi connectivity index (χ1v) is 3.76. The van der Waals surface area contributed by atoms with Gasteiger partial charge in [0.1, 0.15) is 0 Å². The minimum Gasteiger partial charge on any atom is -0.155 e. The van der Waals surface area contributed by atoms with Crippen LogP contribution in [0.25, 0.3) is 10.9 Å². The lowest BCUT2D eigenvalue weighted by Crippen LogP contribution is -1.88. The summed E-state index contributed by atoms with van der Waals surface area (Å²) in [4.78, 5) is 0. The van der Waals surface area contributed by atoms with Crippen LogP contribution in [0.5, 0.6) is 0 Å². The SMILES string of the molecule is [CH]c1cccc2nnc(C)cc12. The predicted octanol–water partition coefficient (Wildman–Crippen LogP) is 2.00. The lowest BCUT2D eigenvalue weighted by Gasteiger charge is -1.99. The van der Waals surface area contributed by atoms with Gasteiger partial charge in [-0.25, -0.2) is 0 Å². The molecule has 0 aliphatic heterocycles. The highest BCUT2D eigenvalue weighted by molar-refractivity contribution is 5.82. The molecule has 1 aromatic carbocycles. The number of fused-ring (bicyclic) bond motifs is 1. The molecular weight excluding hydrogens is 148 g/mol. The van der Waals surface area contributed by atoms with Crippen molar-refractivity contribution in [3.63, 3.8) is 0 Å². The highest BCUT2D eigenvalue weighted by Gasteiger charge is 1.97. The molecule has 0 amide bonds. The maximum absolute atomic E-state index is 5.76. The van der Waals surface area contributed by atoms with E-state index >= 15 is 0 Å². The third-order valence-electron chi connectivity index (χ3n) is 1.79. The maximum Gasteiger partial charge on any atom is 0.0932 e. The third kappa shape index (κ3) is 1.05. The van der Waals surface area contributed by atoms with Crippen LogP contribution in [0.2, 0.25) is 0 Å². The Bertz CT molecular complexity index is 421. The van der Waals surface area contributed by atoms with Gasteiger partial charge in [-0.2, -0.15) is 10.2 Å². The molecule has 0 atom stereocenters. The summed E-state index contributed by atoms with van der Waals surface area (Å²) >= 11 is 0. The van der Waals surface area contributed by atoms with Crippen molar-refractivity contribution in [1.82, 2.24) is 10.2 Å². The number of hydrogen-bond donors (Lipinski definition) is 0. The minimum atomic E-state index is 0.755. The fourth-order valence-corrected chi connectivity index (χ4v) is 1.19. The number of hydrogen-bond acceptors (Lipinski definition) is 2. The van der Waals surface area contributed by atoms with Crippen LogP contribution in [0.3, 0.4) is 0 Å². The van der Waals surface area contributed by atoms with Gasteiger partial charge in [0.15, 0.2) is 0 Å². The molecule has 12 heavy (non-hydrogen) atoms. The molecule has 0 saturated heterocycles. The summed E-state index contributed by atoms with van der Waals surface area (Å²) in [5, 5.41) is 8.93. The smallest absolute Gasteiger partial charge is 0.0932 e. The van der Waals surface area contributed by atoms with E-state index in [4.69, 9.17) is 6.92 Å². The van der Waals surface area contributed by atoms with Gasteiger partial charge in [0.05, 0.1) is 11.2 Å². The van der Waals surface area contributed by atoms with Gasteiger partial charge in [0.2, 0.25) is 0 Å². The van der Waals surface area contributed by atoms with Gasteiger partial charge in [0.25, 0.3) is 0 Å². The molecule has 2 radical (unpaired) electrons. The standard InChI is InChI=1S/C10H8N2/c1-7-4-3-5-10-9(7)6-8(2)11-12-10/h1,3-6H,2H3. The van der Waals surface area contributed by atoms with Crippen LogP contribution in [-0.2, 0) is 0 Å². The van der Waals surface area contributed by atoms with Gasteiger partial charge in [-0.3, -0.25) is 0 Å². The summed E-state index contributed by atoms with van der Waals surface area (Å²) in [5.74, 6) is 0. The average Bonchev–Trinajstić information content (AvgIpc) is 2.07. The summed E-state index contributed by atoms with van der Waals surface area (Å²) in [6.45, 7) is 7.66. The molecule has 0 saturated carbocycles. The molecule has 0 aliphatic carbocycles. The first kappa shape index (κ1) is 7.22. The summed E-state index contributed by atoms with van der Waals surface area (Å²) in [5.41, 5.74) is 2.49. The van der Waals surface area contributed by atoms with E-state index in [0.29, 0.717) is 0 Å². The van der Waals surface area contributed by atoms with E-state index in [-0.39, 0.29) is 0 Å². The normalized spacial score (nSPS) is 10.5. The highest BCUT2D eigenvalue weighted by atomic mass is 15.1. The molecule has 1 aromatic heterocycles. The Hall–Kier alpha value is -1.44. The van der Waals surface area contributed by atoms with Crippen molar-refractivity contribution >= 4 is 10.9 Å².